The van der Waals surface area contributed by atoms with Crippen molar-refractivity contribution in [1.82, 2.24) is 14.8 Å². The molecule has 1 N–H and O–H groups in total. The zero-order valence-electron chi connectivity index (χ0n) is 10.7. The number of aryl methyl sites for hydroxylation is 1. The molecule has 0 radical (unpaired) electrons. The van der Waals surface area contributed by atoms with E-state index in [0.717, 1.165) is 17.4 Å². The molecule has 0 atom stereocenters. The van der Waals surface area contributed by atoms with E-state index in [-0.39, 0.29) is 0 Å². The van der Waals surface area contributed by atoms with E-state index in [9.17, 15) is 0 Å². The van der Waals surface area contributed by atoms with Crippen molar-refractivity contribution in [1.29, 1.82) is 0 Å². The van der Waals surface area contributed by atoms with E-state index in [1.54, 1.807) is 25.0 Å². The monoisotopic (exact) mass is 248 g/mol. The second-order valence-corrected chi connectivity index (χ2v) is 3.72. The first kappa shape index (κ1) is 12.2. The Balaban J connectivity index is 2.01. The van der Waals surface area contributed by atoms with Crippen LogP contribution in [0, 0.1) is 0 Å². The van der Waals surface area contributed by atoms with Gasteiger partial charge in [-0.3, -0.25) is 0 Å². The Kier molecular flexibility index (Phi) is 3.66. The number of ether oxygens (including phenoxy) is 2. The summed E-state index contributed by atoms with van der Waals surface area (Å²) in [5.41, 5.74) is 0.888. The van der Waals surface area contributed by atoms with Crippen molar-refractivity contribution in [2.45, 2.75) is 6.54 Å². The summed E-state index contributed by atoms with van der Waals surface area (Å²) in [6.45, 7) is 0.581. The van der Waals surface area contributed by atoms with E-state index >= 15 is 0 Å². The minimum atomic E-state index is 0.581. The number of nitrogens with one attached hydrogen (secondary N) is 1. The number of anilines is 1. The predicted octanol–water partition coefficient (Wildman–Crippen LogP) is 1.44. The van der Waals surface area contributed by atoms with Gasteiger partial charge >= 0.3 is 0 Å². The van der Waals surface area contributed by atoms with Gasteiger partial charge in [-0.2, -0.15) is 10.1 Å². The smallest absolute Gasteiger partial charge is 0.214 e. The van der Waals surface area contributed by atoms with Crippen molar-refractivity contribution >= 4 is 5.82 Å². The normalized spacial score (nSPS) is 10.2. The van der Waals surface area contributed by atoms with Crippen LogP contribution in [0.1, 0.15) is 5.69 Å². The van der Waals surface area contributed by atoms with Gasteiger partial charge in [-0.1, -0.05) is 6.07 Å². The van der Waals surface area contributed by atoms with Crippen molar-refractivity contribution in [3.8, 4) is 11.8 Å². The Morgan fingerprint density at radius 2 is 2.11 bits per heavy atom. The summed E-state index contributed by atoms with van der Waals surface area (Å²) in [6.07, 6.45) is 0. The van der Waals surface area contributed by atoms with Crippen LogP contribution >= 0.6 is 0 Å². The van der Waals surface area contributed by atoms with Crippen molar-refractivity contribution in [2.75, 3.05) is 19.5 Å². The number of pyridine rings is 1. The molecule has 0 amide bonds. The average molecular weight is 248 g/mol. The lowest BCUT2D eigenvalue weighted by molar-refractivity contribution is 0.373. The topological polar surface area (TPSA) is 61.2 Å². The second-order valence-electron chi connectivity index (χ2n) is 3.72. The third-order valence-corrected chi connectivity index (χ3v) is 2.48. The Morgan fingerprint density at radius 1 is 1.28 bits per heavy atom. The van der Waals surface area contributed by atoms with E-state index in [2.05, 4.69) is 15.4 Å². The van der Waals surface area contributed by atoms with E-state index in [0.29, 0.717) is 12.4 Å². The fourth-order valence-electron chi connectivity index (χ4n) is 1.59. The van der Waals surface area contributed by atoms with E-state index in [1.807, 2.05) is 25.2 Å². The highest BCUT2D eigenvalue weighted by molar-refractivity contribution is 5.37. The number of rotatable bonds is 5. The Hall–Kier alpha value is -2.24. The van der Waals surface area contributed by atoms with Gasteiger partial charge in [0.1, 0.15) is 5.82 Å². The van der Waals surface area contributed by atoms with Crippen LogP contribution in [0.25, 0.3) is 0 Å². The molecule has 0 unspecified atom stereocenters. The molecule has 6 nitrogen and oxygen atoms in total. The molecule has 0 aliphatic carbocycles. The zero-order valence-corrected chi connectivity index (χ0v) is 10.7. The average Bonchev–Trinajstić information content (AvgIpc) is 2.77. The number of aromatic nitrogens is 3. The maximum Gasteiger partial charge on any atom is 0.214 e. The summed E-state index contributed by atoms with van der Waals surface area (Å²) in [5, 5.41) is 7.49. The molecule has 0 aliphatic rings. The molecule has 0 aromatic carbocycles. The molecular weight excluding hydrogens is 232 g/mol. The SMILES string of the molecule is COc1cccc(NCc2cc(OC)n(C)n2)n1. The standard InChI is InChI=1S/C12H16N4O2/c1-16-12(18-3)7-9(15-16)8-13-10-5-4-6-11(14-10)17-2/h4-7H,8H2,1-3H3,(H,13,14). The second kappa shape index (κ2) is 5.39. The molecule has 2 heterocycles. The highest BCUT2D eigenvalue weighted by atomic mass is 16.5. The molecule has 0 aliphatic heterocycles. The summed E-state index contributed by atoms with van der Waals surface area (Å²) in [5.74, 6) is 2.06. The fourth-order valence-corrected chi connectivity index (χ4v) is 1.59. The van der Waals surface area contributed by atoms with Crippen molar-refractivity contribution in [3.63, 3.8) is 0 Å². The maximum absolute atomic E-state index is 5.15. The molecular formula is C12H16N4O2. The molecule has 2 aromatic heterocycles. The summed E-state index contributed by atoms with van der Waals surface area (Å²) in [7, 11) is 5.06. The lowest BCUT2D eigenvalue weighted by Crippen LogP contribution is -2.03. The molecule has 96 valence electrons. The van der Waals surface area contributed by atoms with Crippen LogP contribution in [0.5, 0.6) is 11.8 Å². The first-order valence-corrected chi connectivity index (χ1v) is 5.54. The van der Waals surface area contributed by atoms with Crippen molar-refractivity contribution in [3.05, 3.63) is 30.0 Å². The highest BCUT2D eigenvalue weighted by Crippen LogP contribution is 2.14. The van der Waals surface area contributed by atoms with Crippen LogP contribution in [0.15, 0.2) is 24.3 Å². The summed E-state index contributed by atoms with van der Waals surface area (Å²) in [4.78, 5) is 4.26. The third kappa shape index (κ3) is 2.71. The van der Waals surface area contributed by atoms with Crippen LogP contribution < -0.4 is 14.8 Å². The summed E-state index contributed by atoms with van der Waals surface area (Å²) in [6, 6.07) is 7.44. The quantitative estimate of drug-likeness (QED) is 0.867. The minimum Gasteiger partial charge on any atom is -0.481 e. The lowest BCUT2D eigenvalue weighted by atomic mass is 10.4. The molecule has 0 saturated carbocycles. The van der Waals surface area contributed by atoms with Gasteiger partial charge in [0.2, 0.25) is 11.8 Å². The van der Waals surface area contributed by atoms with Crippen molar-refractivity contribution in [2.24, 2.45) is 7.05 Å². The van der Waals surface area contributed by atoms with Gasteiger partial charge in [0.15, 0.2) is 0 Å². The summed E-state index contributed by atoms with van der Waals surface area (Å²) < 4.78 is 11.9. The summed E-state index contributed by atoms with van der Waals surface area (Å²) >= 11 is 0. The van der Waals surface area contributed by atoms with Crippen LogP contribution in [-0.2, 0) is 13.6 Å². The van der Waals surface area contributed by atoms with Crippen LogP contribution in [0.2, 0.25) is 0 Å². The van der Waals surface area contributed by atoms with E-state index in [1.165, 1.54) is 0 Å². The molecule has 2 rings (SSSR count). The largest absolute Gasteiger partial charge is 0.481 e. The van der Waals surface area contributed by atoms with Gasteiger partial charge in [-0.25, -0.2) is 4.68 Å². The molecule has 18 heavy (non-hydrogen) atoms. The van der Waals surface area contributed by atoms with Gasteiger partial charge in [-0.15, -0.1) is 0 Å². The lowest BCUT2D eigenvalue weighted by Gasteiger charge is -2.04. The van der Waals surface area contributed by atoms with Gasteiger partial charge in [0.25, 0.3) is 0 Å². The molecule has 2 aromatic rings. The predicted molar refractivity (Wildman–Crippen MR) is 67.9 cm³/mol. The number of hydrogen-bond donors (Lipinski definition) is 1. The van der Waals surface area contributed by atoms with Gasteiger partial charge in [0.05, 0.1) is 26.5 Å². The first-order valence-electron chi connectivity index (χ1n) is 5.54. The van der Waals surface area contributed by atoms with E-state index < -0.39 is 0 Å². The first-order chi connectivity index (χ1) is 8.72. The molecule has 0 spiro atoms. The van der Waals surface area contributed by atoms with Gasteiger partial charge < -0.3 is 14.8 Å². The zero-order chi connectivity index (χ0) is 13.0. The van der Waals surface area contributed by atoms with Gasteiger partial charge in [-0.05, 0) is 6.07 Å². The van der Waals surface area contributed by atoms with Crippen molar-refractivity contribution < 1.29 is 9.47 Å². The van der Waals surface area contributed by atoms with Crippen LogP contribution in [0.3, 0.4) is 0 Å². The molecule has 0 saturated heterocycles. The highest BCUT2D eigenvalue weighted by Gasteiger charge is 2.05. The molecule has 6 heteroatoms. The third-order valence-electron chi connectivity index (χ3n) is 2.48. The van der Waals surface area contributed by atoms with Crippen LogP contribution in [0.4, 0.5) is 5.82 Å². The Labute approximate surface area is 106 Å². The van der Waals surface area contributed by atoms with Crippen LogP contribution in [-0.4, -0.2) is 29.0 Å². The Morgan fingerprint density at radius 3 is 2.78 bits per heavy atom. The fraction of sp³-hybridized carbons (Fsp3) is 0.333. The Bertz CT molecular complexity index is 525. The number of nitrogens with zero attached hydrogens (tertiary/aromatic N) is 3. The maximum atomic E-state index is 5.15. The minimum absolute atomic E-state index is 0.581. The van der Waals surface area contributed by atoms with Gasteiger partial charge in [0, 0.05) is 19.2 Å². The van der Waals surface area contributed by atoms with E-state index in [4.69, 9.17) is 9.47 Å². The molecule has 0 fully saturated rings. The molecule has 0 bridgehead atoms. The number of methoxy groups -OCH3 is 2. The number of hydrogen-bond acceptors (Lipinski definition) is 5.